The van der Waals surface area contributed by atoms with Gasteiger partial charge in [-0.2, -0.15) is 0 Å². The number of allylic oxidation sites excluding steroid dienone is 1. The maximum Gasteiger partial charge on any atom is 0.258 e. The molecule has 0 saturated carbocycles. The van der Waals surface area contributed by atoms with Crippen molar-refractivity contribution < 1.29 is 0 Å². The third-order valence-electron chi connectivity index (χ3n) is 1.67. The average molecular weight is 236 g/mol. The van der Waals surface area contributed by atoms with Crippen LogP contribution in [0.4, 0.5) is 0 Å². The Balaban J connectivity index is 0. The Bertz CT molecular complexity index is 484. The predicted molar refractivity (Wildman–Crippen MR) is 76.3 cm³/mol. The molecule has 1 aromatic heterocycles. The number of rotatable bonds is 1. The number of hydrogen-bond acceptors (Lipinski definition) is 2. The molecule has 0 amide bonds. The second-order valence-corrected chi connectivity index (χ2v) is 2.64. The highest BCUT2D eigenvalue weighted by molar-refractivity contribution is 5.34. The van der Waals surface area contributed by atoms with Gasteiger partial charge in [-0.3, -0.25) is 4.79 Å². The van der Waals surface area contributed by atoms with Crippen molar-refractivity contribution in [2.45, 2.75) is 41.5 Å². The fourth-order valence-corrected chi connectivity index (χ4v) is 1.13. The molecule has 96 valence electrons. The fourth-order valence-electron chi connectivity index (χ4n) is 1.13. The molecule has 1 aromatic rings. The number of H-pyrrole nitrogens is 1. The van der Waals surface area contributed by atoms with Gasteiger partial charge in [0.2, 0.25) is 0 Å². The first kappa shape index (κ1) is 17.7. The van der Waals surface area contributed by atoms with Gasteiger partial charge in [0.15, 0.2) is 0 Å². The quantitative estimate of drug-likeness (QED) is 0.809. The topological polar surface area (TPSA) is 45.8 Å². The van der Waals surface area contributed by atoms with Crippen LogP contribution in [0.15, 0.2) is 17.4 Å². The molecule has 0 bridgehead atoms. The zero-order valence-electron chi connectivity index (χ0n) is 11.8. The molecule has 0 aliphatic heterocycles. The van der Waals surface area contributed by atoms with Crippen molar-refractivity contribution in [1.29, 1.82) is 0 Å². The molecular formula is C14H24N2O. The van der Waals surface area contributed by atoms with Crippen LogP contribution in [0.3, 0.4) is 0 Å². The van der Waals surface area contributed by atoms with Crippen molar-refractivity contribution in [3.8, 4) is 0 Å². The van der Waals surface area contributed by atoms with E-state index in [9.17, 15) is 4.79 Å². The second kappa shape index (κ2) is 10.9. The first-order valence-electron chi connectivity index (χ1n) is 6.05. The number of aromatic nitrogens is 2. The number of aromatic amines is 1. The van der Waals surface area contributed by atoms with Gasteiger partial charge >= 0.3 is 0 Å². The molecule has 0 spiro atoms. The minimum absolute atomic E-state index is 0.108. The van der Waals surface area contributed by atoms with Gasteiger partial charge in [-0.25, -0.2) is 4.98 Å². The molecule has 3 heteroatoms. The molecule has 3 nitrogen and oxygen atoms in total. The molecule has 1 rings (SSSR count). The van der Waals surface area contributed by atoms with Gasteiger partial charge in [0.25, 0.3) is 5.56 Å². The standard InChI is InChI=1S/C10H12N2O.2C2H6/c1-4-6-9-8(5-2)10(13)12-7(3)11-9;2*1-2/h4-6H,1H2,2-3H3,(H,11,12,13);2*1-2H3/b8-5+,9-6+;;. The van der Waals surface area contributed by atoms with E-state index < -0.39 is 0 Å². The van der Waals surface area contributed by atoms with Crippen LogP contribution in [0.1, 0.15) is 40.4 Å². The lowest BCUT2D eigenvalue weighted by Crippen LogP contribution is -2.43. The van der Waals surface area contributed by atoms with E-state index in [0.29, 0.717) is 16.4 Å². The lowest BCUT2D eigenvalue weighted by atomic mass is 10.3. The molecule has 0 atom stereocenters. The number of nitrogens with one attached hydrogen (secondary N) is 1. The zero-order valence-corrected chi connectivity index (χ0v) is 11.8. The van der Waals surface area contributed by atoms with Crippen molar-refractivity contribution in [1.82, 2.24) is 9.97 Å². The lowest BCUT2D eigenvalue weighted by molar-refractivity contribution is 0.972. The minimum Gasteiger partial charge on any atom is -0.310 e. The molecule has 0 fully saturated rings. The normalized spacial score (nSPS) is 10.9. The van der Waals surface area contributed by atoms with E-state index >= 15 is 0 Å². The highest BCUT2D eigenvalue weighted by atomic mass is 16.1. The van der Waals surface area contributed by atoms with Crippen LogP contribution in [0, 0.1) is 6.92 Å². The van der Waals surface area contributed by atoms with Crippen LogP contribution in [0.2, 0.25) is 0 Å². The SMILES string of the molecule is C=C/C=c1/nc(C)[nH]c(=O)/c1=C/C.CC.CC. The summed E-state index contributed by atoms with van der Waals surface area (Å²) in [7, 11) is 0. The Labute approximate surface area is 104 Å². The first-order valence-corrected chi connectivity index (χ1v) is 6.05. The summed E-state index contributed by atoms with van der Waals surface area (Å²) in [4.78, 5) is 18.2. The summed E-state index contributed by atoms with van der Waals surface area (Å²) in [5, 5.41) is 1.25. The van der Waals surface area contributed by atoms with Gasteiger partial charge in [-0.05, 0) is 19.9 Å². The Hall–Kier alpha value is -1.64. The van der Waals surface area contributed by atoms with E-state index in [1.807, 2.05) is 34.6 Å². The van der Waals surface area contributed by atoms with E-state index in [4.69, 9.17) is 0 Å². The molecule has 0 radical (unpaired) electrons. The summed E-state index contributed by atoms with van der Waals surface area (Å²) in [6, 6.07) is 0. The van der Waals surface area contributed by atoms with Crippen molar-refractivity contribution in [3.05, 3.63) is 39.4 Å². The van der Waals surface area contributed by atoms with Gasteiger partial charge in [0.05, 0.1) is 10.6 Å². The largest absolute Gasteiger partial charge is 0.310 e. The molecule has 1 heterocycles. The van der Waals surface area contributed by atoms with Gasteiger partial charge in [-0.1, -0.05) is 46.4 Å². The highest BCUT2D eigenvalue weighted by Crippen LogP contribution is 1.69. The van der Waals surface area contributed by atoms with Crippen molar-refractivity contribution in [2.24, 2.45) is 0 Å². The number of hydrogen-bond donors (Lipinski definition) is 1. The van der Waals surface area contributed by atoms with Crippen molar-refractivity contribution in [3.63, 3.8) is 0 Å². The Morgan fingerprint density at radius 1 is 1.24 bits per heavy atom. The molecule has 17 heavy (non-hydrogen) atoms. The van der Waals surface area contributed by atoms with E-state index in [-0.39, 0.29) is 5.56 Å². The summed E-state index contributed by atoms with van der Waals surface area (Å²) < 4.78 is 0. The number of aryl methyl sites for hydroxylation is 1. The van der Waals surface area contributed by atoms with Gasteiger partial charge in [-0.15, -0.1) is 0 Å². The molecule has 0 saturated heterocycles. The third kappa shape index (κ3) is 5.85. The highest BCUT2D eigenvalue weighted by Gasteiger charge is 1.92. The third-order valence-corrected chi connectivity index (χ3v) is 1.67. The average Bonchev–Trinajstić information content (AvgIpc) is 2.34. The van der Waals surface area contributed by atoms with Crippen molar-refractivity contribution >= 4 is 12.2 Å². The van der Waals surface area contributed by atoms with E-state index in [1.165, 1.54) is 0 Å². The minimum atomic E-state index is -0.108. The Morgan fingerprint density at radius 2 is 1.76 bits per heavy atom. The maximum atomic E-state index is 11.4. The predicted octanol–water partition coefficient (Wildman–Crippen LogP) is 1.90. The molecular weight excluding hydrogens is 212 g/mol. The fraction of sp³-hybridized carbons (Fsp3) is 0.429. The van der Waals surface area contributed by atoms with E-state index in [2.05, 4.69) is 16.5 Å². The van der Waals surface area contributed by atoms with Crippen molar-refractivity contribution in [2.75, 3.05) is 0 Å². The lowest BCUT2D eigenvalue weighted by Gasteiger charge is -1.91. The van der Waals surface area contributed by atoms with Gasteiger partial charge in [0, 0.05) is 0 Å². The first-order chi connectivity index (χ1) is 8.19. The van der Waals surface area contributed by atoms with Crippen LogP contribution in [0.25, 0.3) is 12.2 Å². The summed E-state index contributed by atoms with van der Waals surface area (Å²) >= 11 is 0. The van der Waals surface area contributed by atoms with Crippen LogP contribution in [0.5, 0.6) is 0 Å². The maximum absolute atomic E-state index is 11.4. The molecule has 0 unspecified atom stereocenters. The van der Waals surface area contributed by atoms with E-state index in [0.717, 1.165) is 0 Å². The molecule has 1 N–H and O–H groups in total. The van der Waals surface area contributed by atoms with Gasteiger partial charge < -0.3 is 4.98 Å². The van der Waals surface area contributed by atoms with Crippen LogP contribution in [-0.2, 0) is 0 Å². The smallest absolute Gasteiger partial charge is 0.258 e. The Kier molecular flexibility index (Phi) is 11.3. The summed E-state index contributed by atoms with van der Waals surface area (Å²) in [5.74, 6) is 0.615. The zero-order chi connectivity index (χ0) is 13.8. The summed E-state index contributed by atoms with van der Waals surface area (Å²) in [6.07, 6.45) is 5.08. The van der Waals surface area contributed by atoms with E-state index in [1.54, 1.807) is 25.2 Å². The second-order valence-electron chi connectivity index (χ2n) is 2.64. The Morgan fingerprint density at radius 3 is 2.18 bits per heavy atom. The molecule has 0 aromatic carbocycles. The van der Waals surface area contributed by atoms with Gasteiger partial charge in [0.1, 0.15) is 5.82 Å². The number of nitrogens with zero attached hydrogens (tertiary/aromatic N) is 1. The monoisotopic (exact) mass is 236 g/mol. The van der Waals surface area contributed by atoms with Crippen LogP contribution >= 0.6 is 0 Å². The van der Waals surface area contributed by atoms with Crippen LogP contribution in [-0.4, -0.2) is 9.97 Å². The molecule has 0 aliphatic rings. The summed E-state index contributed by atoms with van der Waals surface area (Å²) in [6.45, 7) is 15.1. The van der Waals surface area contributed by atoms with Crippen LogP contribution < -0.4 is 16.1 Å². The summed E-state index contributed by atoms with van der Waals surface area (Å²) in [5.41, 5.74) is -0.108. The molecule has 0 aliphatic carbocycles.